The van der Waals surface area contributed by atoms with Gasteiger partial charge in [-0.25, -0.2) is 4.79 Å². The molecule has 2 aromatic rings. The Bertz CT molecular complexity index is 575. The van der Waals surface area contributed by atoms with E-state index in [1.54, 1.807) is 11.3 Å². The Labute approximate surface area is 125 Å². The van der Waals surface area contributed by atoms with E-state index in [0.717, 1.165) is 12.0 Å². The number of thiophene rings is 2. The van der Waals surface area contributed by atoms with Crippen molar-refractivity contribution >= 4 is 34.6 Å². The van der Waals surface area contributed by atoms with Gasteiger partial charge in [0.25, 0.3) is 5.91 Å². The normalized spacial score (nSPS) is 10.2. The predicted molar refractivity (Wildman–Crippen MR) is 80.4 cm³/mol. The SMILES string of the molecule is Cc1ccsc1C(=O)OCC(=O)NCCc1cccs1. The second-order valence-electron chi connectivity index (χ2n) is 4.19. The van der Waals surface area contributed by atoms with E-state index in [1.165, 1.54) is 16.2 Å². The van der Waals surface area contributed by atoms with Gasteiger partial charge in [0.1, 0.15) is 4.88 Å². The van der Waals surface area contributed by atoms with Gasteiger partial charge in [-0.05, 0) is 41.8 Å². The minimum absolute atomic E-state index is 0.236. The van der Waals surface area contributed by atoms with E-state index in [2.05, 4.69) is 5.32 Å². The van der Waals surface area contributed by atoms with Crippen LogP contribution in [0, 0.1) is 6.92 Å². The molecule has 1 amide bonds. The fourth-order valence-corrected chi connectivity index (χ4v) is 3.14. The molecule has 0 bridgehead atoms. The number of hydrogen-bond acceptors (Lipinski definition) is 5. The van der Waals surface area contributed by atoms with Crippen molar-refractivity contribution in [1.29, 1.82) is 0 Å². The summed E-state index contributed by atoms with van der Waals surface area (Å²) in [5.74, 6) is -0.713. The standard InChI is InChI=1S/C14H15NO3S2/c1-10-5-8-20-13(10)14(17)18-9-12(16)15-6-4-11-3-2-7-19-11/h2-3,5,7-8H,4,6,9H2,1H3,(H,15,16). The maximum Gasteiger partial charge on any atom is 0.349 e. The molecule has 106 valence electrons. The maximum atomic E-state index is 11.7. The molecule has 0 fully saturated rings. The summed E-state index contributed by atoms with van der Waals surface area (Å²) < 4.78 is 4.98. The van der Waals surface area contributed by atoms with Crippen molar-refractivity contribution in [2.24, 2.45) is 0 Å². The van der Waals surface area contributed by atoms with Crippen molar-refractivity contribution in [1.82, 2.24) is 5.32 Å². The first-order chi connectivity index (χ1) is 9.66. The van der Waals surface area contributed by atoms with E-state index in [4.69, 9.17) is 4.74 Å². The molecule has 2 rings (SSSR count). The van der Waals surface area contributed by atoms with E-state index < -0.39 is 5.97 Å². The monoisotopic (exact) mass is 309 g/mol. The lowest BCUT2D eigenvalue weighted by Crippen LogP contribution is -2.30. The lowest BCUT2D eigenvalue weighted by atomic mass is 10.3. The van der Waals surface area contributed by atoms with Crippen LogP contribution in [-0.4, -0.2) is 25.0 Å². The summed E-state index contributed by atoms with van der Waals surface area (Å²) in [5.41, 5.74) is 0.873. The Morgan fingerprint density at radius 1 is 1.25 bits per heavy atom. The number of hydrogen-bond donors (Lipinski definition) is 1. The summed E-state index contributed by atoms with van der Waals surface area (Å²) in [6.07, 6.45) is 0.793. The minimum atomic E-state index is -0.439. The highest BCUT2D eigenvalue weighted by Gasteiger charge is 2.13. The fraction of sp³-hybridized carbons (Fsp3) is 0.286. The molecule has 0 aromatic carbocycles. The van der Waals surface area contributed by atoms with Crippen molar-refractivity contribution < 1.29 is 14.3 Å². The first-order valence-corrected chi connectivity index (χ1v) is 7.93. The van der Waals surface area contributed by atoms with E-state index in [9.17, 15) is 9.59 Å². The van der Waals surface area contributed by atoms with Gasteiger partial charge < -0.3 is 10.1 Å². The summed E-state index contributed by atoms with van der Waals surface area (Å²) in [5, 5.41) is 6.56. The average Bonchev–Trinajstić information content (AvgIpc) is 3.07. The summed E-state index contributed by atoms with van der Waals surface area (Å²) in [4.78, 5) is 25.0. The number of esters is 1. The first-order valence-electron chi connectivity index (χ1n) is 6.17. The molecule has 0 atom stereocenters. The van der Waals surface area contributed by atoms with Crippen LogP contribution in [0.5, 0.6) is 0 Å². The third-order valence-corrected chi connectivity index (χ3v) is 4.59. The highest BCUT2D eigenvalue weighted by atomic mass is 32.1. The summed E-state index contributed by atoms with van der Waals surface area (Å²) in [6, 6.07) is 5.85. The van der Waals surface area contributed by atoms with Gasteiger partial charge in [0.2, 0.25) is 0 Å². The predicted octanol–water partition coefficient (Wildman–Crippen LogP) is 2.63. The van der Waals surface area contributed by atoms with Gasteiger partial charge in [-0.1, -0.05) is 6.07 Å². The molecule has 20 heavy (non-hydrogen) atoms. The maximum absolute atomic E-state index is 11.7. The molecule has 0 aliphatic carbocycles. The second-order valence-corrected chi connectivity index (χ2v) is 6.14. The van der Waals surface area contributed by atoms with E-state index in [1.807, 2.05) is 35.9 Å². The van der Waals surface area contributed by atoms with Crippen molar-refractivity contribution in [3.05, 3.63) is 44.3 Å². The highest BCUT2D eigenvalue weighted by Crippen LogP contribution is 2.16. The fourth-order valence-electron chi connectivity index (χ4n) is 1.61. The minimum Gasteiger partial charge on any atom is -0.451 e. The quantitative estimate of drug-likeness (QED) is 0.835. The highest BCUT2D eigenvalue weighted by molar-refractivity contribution is 7.12. The number of carbonyl (C=O) groups excluding carboxylic acids is 2. The van der Waals surface area contributed by atoms with Gasteiger partial charge in [0.05, 0.1) is 0 Å². The van der Waals surface area contributed by atoms with Crippen LogP contribution < -0.4 is 5.32 Å². The van der Waals surface area contributed by atoms with E-state index >= 15 is 0 Å². The lowest BCUT2D eigenvalue weighted by molar-refractivity contribution is -0.124. The van der Waals surface area contributed by atoms with Gasteiger partial charge in [-0.2, -0.15) is 0 Å². The van der Waals surface area contributed by atoms with E-state index in [-0.39, 0.29) is 12.5 Å². The number of aryl methyl sites for hydroxylation is 1. The Morgan fingerprint density at radius 3 is 2.75 bits per heavy atom. The van der Waals surface area contributed by atoms with Crippen LogP contribution in [-0.2, 0) is 16.0 Å². The number of amides is 1. The molecule has 0 spiro atoms. The van der Waals surface area contributed by atoms with E-state index in [0.29, 0.717) is 11.4 Å². The van der Waals surface area contributed by atoms with Crippen LogP contribution >= 0.6 is 22.7 Å². The molecule has 4 nitrogen and oxygen atoms in total. The van der Waals surface area contributed by atoms with Crippen molar-refractivity contribution in [3.63, 3.8) is 0 Å². The van der Waals surface area contributed by atoms with Gasteiger partial charge in [0, 0.05) is 11.4 Å². The van der Waals surface area contributed by atoms with Gasteiger partial charge in [0.15, 0.2) is 6.61 Å². The zero-order valence-electron chi connectivity index (χ0n) is 11.0. The van der Waals surface area contributed by atoms with Crippen LogP contribution in [0.3, 0.4) is 0 Å². The van der Waals surface area contributed by atoms with Crippen LogP contribution in [0.2, 0.25) is 0 Å². The number of rotatable bonds is 6. The molecule has 2 aromatic heterocycles. The molecule has 0 saturated heterocycles. The Hall–Kier alpha value is -1.66. The molecule has 2 heterocycles. The smallest absolute Gasteiger partial charge is 0.349 e. The van der Waals surface area contributed by atoms with Crippen LogP contribution in [0.15, 0.2) is 29.0 Å². The summed E-state index contributed by atoms with van der Waals surface area (Å²) in [6.45, 7) is 2.16. The zero-order valence-corrected chi connectivity index (χ0v) is 12.7. The molecular formula is C14H15NO3S2. The van der Waals surface area contributed by atoms with Gasteiger partial charge in [-0.3, -0.25) is 4.79 Å². The van der Waals surface area contributed by atoms with Gasteiger partial charge in [-0.15, -0.1) is 22.7 Å². The largest absolute Gasteiger partial charge is 0.451 e. The third kappa shape index (κ3) is 4.18. The molecule has 0 aliphatic heterocycles. The van der Waals surface area contributed by atoms with Crippen molar-refractivity contribution in [3.8, 4) is 0 Å². The zero-order chi connectivity index (χ0) is 14.4. The third-order valence-electron chi connectivity index (χ3n) is 2.66. The molecule has 1 N–H and O–H groups in total. The molecule has 0 aliphatic rings. The van der Waals surface area contributed by atoms with Crippen LogP contribution in [0.1, 0.15) is 20.1 Å². The summed E-state index contributed by atoms with van der Waals surface area (Å²) >= 11 is 2.98. The number of ether oxygens (including phenoxy) is 1. The van der Waals surface area contributed by atoms with Gasteiger partial charge >= 0.3 is 5.97 Å². The Kier molecular flexibility index (Phi) is 5.31. The Morgan fingerprint density at radius 2 is 2.10 bits per heavy atom. The molecule has 6 heteroatoms. The molecule has 0 radical (unpaired) electrons. The first kappa shape index (κ1) is 14.7. The summed E-state index contributed by atoms with van der Waals surface area (Å²) in [7, 11) is 0. The lowest BCUT2D eigenvalue weighted by Gasteiger charge is -2.05. The number of carbonyl (C=O) groups is 2. The average molecular weight is 309 g/mol. The van der Waals surface area contributed by atoms with Crippen molar-refractivity contribution in [2.75, 3.05) is 13.2 Å². The molecule has 0 saturated carbocycles. The topological polar surface area (TPSA) is 55.4 Å². The van der Waals surface area contributed by atoms with Crippen LogP contribution in [0.4, 0.5) is 0 Å². The number of nitrogens with one attached hydrogen (secondary N) is 1. The van der Waals surface area contributed by atoms with Crippen molar-refractivity contribution in [2.45, 2.75) is 13.3 Å². The Balaban J connectivity index is 1.67. The van der Waals surface area contributed by atoms with Crippen LogP contribution in [0.25, 0.3) is 0 Å². The second kappa shape index (κ2) is 7.21. The molecule has 0 unspecified atom stereocenters. The molecular weight excluding hydrogens is 294 g/mol.